The molecule has 0 atom stereocenters. The van der Waals surface area contributed by atoms with Gasteiger partial charge in [-0.15, -0.1) is 0 Å². The lowest BCUT2D eigenvalue weighted by molar-refractivity contribution is 0.283. The fraction of sp³-hybridized carbons (Fsp3) is 0.476. The van der Waals surface area contributed by atoms with E-state index in [2.05, 4.69) is 6.92 Å². The summed E-state index contributed by atoms with van der Waals surface area (Å²) in [4.78, 5) is 12.1. The molecule has 2 rings (SSSR count). The lowest BCUT2D eigenvalue weighted by Crippen LogP contribution is -2.18. The average Bonchev–Trinajstić information content (AvgIpc) is 2.66. The molecule has 0 fully saturated rings. The quantitative estimate of drug-likeness (QED) is 0.564. The second-order valence-corrected chi connectivity index (χ2v) is 6.22. The van der Waals surface area contributed by atoms with Crippen LogP contribution in [0, 0.1) is 6.92 Å². The first-order valence-electron chi connectivity index (χ1n) is 9.25. The van der Waals surface area contributed by atoms with Crippen LogP contribution in [0.3, 0.4) is 0 Å². The fourth-order valence-electron chi connectivity index (χ4n) is 2.71. The van der Waals surface area contributed by atoms with Gasteiger partial charge in [0.15, 0.2) is 5.75 Å². The number of unbranched alkanes of at least 4 members (excludes halogenated alkanes) is 3. The highest BCUT2D eigenvalue weighted by molar-refractivity contribution is 5.31. The van der Waals surface area contributed by atoms with Gasteiger partial charge in [-0.3, -0.25) is 4.79 Å². The topological polar surface area (TPSA) is 49.7 Å². The monoisotopic (exact) mass is 359 g/mol. The summed E-state index contributed by atoms with van der Waals surface area (Å²) in [7, 11) is 1.64. The first-order valence-corrected chi connectivity index (χ1v) is 9.25. The molecule has 0 radical (unpaired) electrons. The van der Waals surface area contributed by atoms with Crippen molar-refractivity contribution < 1.29 is 14.2 Å². The summed E-state index contributed by atoms with van der Waals surface area (Å²) in [5, 5.41) is 0. The Morgan fingerprint density at radius 2 is 1.65 bits per heavy atom. The SMILES string of the molecule is CCCCCCOc1c(C)n(CCOc2ccc(OC)cc2)ccc1=O. The first kappa shape index (κ1) is 19.9. The minimum atomic E-state index is -0.0645. The van der Waals surface area contributed by atoms with Crippen LogP contribution in [0.2, 0.25) is 0 Å². The van der Waals surface area contributed by atoms with Crippen molar-refractivity contribution in [3.05, 3.63) is 52.4 Å². The predicted molar refractivity (Wildman–Crippen MR) is 104 cm³/mol. The highest BCUT2D eigenvalue weighted by Gasteiger charge is 2.08. The number of ether oxygens (including phenoxy) is 3. The van der Waals surface area contributed by atoms with Crippen LogP contribution in [0.1, 0.15) is 38.3 Å². The van der Waals surface area contributed by atoms with E-state index in [1.807, 2.05) is 35.8 Å². The Hall–Kier alpha value is -2.43. The van der Waals surface area contributed by atoms with E-state index in [0.717, 1.165) is 30.0 Å². The van der Waals surface area contributed by atoms with E-state index >= 15 is 0 Å². The maximum Gasteiger partial charge on any atom is 0.223 e. The molecule has 142 valence electrons. The Morgan fingerprint density at radius 3 is 2.35 bits per heavy atom. The Labute approximate surface area is 155 Å². The molecule has 0 aliphatic rings. The standard InChI is InChI=1S/C21H29NO4/c1-4-5-6-7-15-26-21-17(2)22(13-12-20(21)23)14-16-25-19-10-8-18(24-3)9-11-19/h8-13H,4-7,14-16H2,1-3H3. The number of nitrogens with zero attached hydrogens (tertiary/aromatic N) is 1. The molecule has 0 aliphatic carbocycles. The molecule has 5 nitrogen and oxygen atoms in total. The summed E-state index contributed by atoms with van der Waals surface area (Å²) in [5.74, 6) is 2.04. The van der Waals surface area contributed by atoms with Crippen LogP contribution < -0.4 is 19.6 Å². The maximum atomic E-state index is 12.1. The van der Waals surface area contributed by atoms with Crippen molar-refractivity contribution in [3.8, 4) is 17.2 Å². The van der Waals surface area contributed by atoms with Gasteiger partial charge in [-0.1, -0.05) is 26.2 Å². The van der Waals surface area contributed by atoms with Gasteiger partial charge in [-0.05, 0) is 37.6 Å². The van der Waals surface area contributed by atoms with Gasteiger partial charge >= 0.3 is 0 Å². The summed E-state index contributed by atoms with van der Waals surface area (Å²) in [6, 6.07) is 9.04. The number of rotatable bonds is 11. The van der Waals surface area contributed by atoms with Crippen molar-refractivity contribution >= 4 is 0 Å². The van der Waals surface area contributed by atoms with Crippen molar-refractivity contribution in [1.82, 2.24) is 4.57 Å². The minimum Gasteiger partial charge on any atom is -0.497 e. The molecule has 0 unspecified atom stereocenters. The number of aromatic nitrogens is 1. The fourth-order valence-corrected chi connectivity index (χ4v) is 2.71. The van der Waals surface area contributed by atoms with Crippen LogP contribution in [0.25, 0.3) is 0 Å². The normalized spacial score (nSPS) is 10.6. The predicted octanol–water partition coefficient (Wildman–Crippen LogP) is 4.20. The Bertz CT molecular complexity index is 722. The molecule has 1 aromatic carbocycles. The van der Waals surface area contributed by atoms with Gasteiger partial charge < -0.3 is 18.8 Å². The van der Waals surface area contributed by atoms with E-state index in [-0.39, 0.29) is 5.43 Å². The Balaban J connectivity index is 1.90. The highest BCUT2D eigenvalue weighted by Crippen LogP contribution is 2.17. The number of pyridine rings is 1. The van der Waals surface area contributed by atoms with Crippen LogP contribution in [0.5, 0.6) is 17.2 Å². The molecule has 1 heterocycles. The molecule has 0 bridgehead atoms. The van der Waals surface area contributed by atoms with Crippen molar-refractivity contribution in [2.45, 2.75) is 46.1 Å². The van der Waals surface area contributed by atoms with Crippen LogP contribution in [0.15, 0.2) is 41.3 Å². The zero-order chi connectivity index (χ0) is 18.8. The zero-order valence-corrected chi connectivity index (χ0v) is 16.0. The van der Waals surface area contributed by atoms with Crippen molar-refractivity contribution in [1.29, 1.82) is 0 Å². The molecular weight excluding hydrogens is 330 g/mol. The third-order valence-electron chi connectivity index (χ3n) is 4.29. The number of hydrogen-bond acceptors (Lipinski definition) is 4. The van der Waals surface area contributed by atoms with Gasteiger partial charge in [0.25, 0.3) is 0 Å². The third kappa shape index (κ3) is 5.83. The van der Waals surface area contributed by atoms with Crippen molar-refractivity contribution in [3.63, 3.8) is 0 Å². The van der Waals surface area contributed by atoms with Crippen molar-refractivity contribution in [2.75, 3.05) is 20.3 Å². The van der Waals surface area contributed by atoms with Gasteiger partial charge in [-0.25, -0.2) is 0 Å². The molecular formula is C21H29NO4. The second kappa shape index (κ2) is 10.5. The molecule has 0 amide bonds. The van der Waals surface area contributed by atoms with E-state index in [1.54, 1.807) is 19.4 Å². The van der Waals surface area contributed by atoms with Gasteiger partial charge in [0.2, 0.25) is 5.43 Å². The minimum absolute atomic E-state index is 0.0645. The average molecular weight is 359 g/mol. The number of methoxy groups -OCH3 is 1. The molecule has 0 saturated carbocycles. The van der Waals surface area contributed by atoms with Gasteiger partial charge in [-0.2, -0.15) is 0 Å². The third-order valence-corrected chi connectivity index (χ3v) is 4.29. The van der Waals surface area contributed by atoms with E-state index in [0.29, 0.717) is 25.5 Å². The summed E-state index contributed by atoms with van der Waals surface area (Å²) >= 11 is 0. The summed E-state index contributed by atoms with van der Waals surface area (Å²) in [6.45, 7) is 5.82. The summed E-state index contributed by atoms with van der Waals surface area (Å²) in [6.07, 6.45) is 6.28. The van der Waals surface area contributed by atoms with Crippen LogP contribution in [-0.4, -0.2) is 24.9 Å². The van der Waals surface area contributed by atoms with E-state index in [4.69, 9.17) is 14.2 Å². The van der Waals surface area contributed by atoms with E-state index in [9.17, 15) is 4.79 Å². The smallest absolute Gasteiger partial charge is 0.223 e. The number of benzene rings is 1. The highest BCUT2D eigenvalue weighted by atomic mass is 16.5. The summed E-state index contributed by atoms with van der Waals surface area (Å²) < 4.78 is 18.6. The molecule has 26 heavy (non-hydrogen) atoms. The van der Waals surface area contributed by atoms with E-state index in [1.165, 1.54) is 12.8 Å². The maximum absolute atomic E-state index is 12.1. The van der Waals surface area contributed by atoms with E-state index < -0.39 is 0 Å². The first-order chi connectivity index (χ1) is 12.7. The van der Waals surface area contributed by atoms with Crippen molar-refractivity contribution in [2.24, 2.45) is 0 Å². The molecule has 1 aromatic heterocycles. The molecule has 0 spiro atoms. The Morgan fingerprint density at radius 1 is 0.923 bits per heavy atom. The Kier molecular flexibility index (Phi) is 8.06. The van der Waals surface area contributed by atoms with Crippen LogP contribution >= 0.6 is 0 Å². The number of hydrogen-bond donors (Lipinski definition) is 0. The summed E-state index contributed by atoms with van der Waals surface area (Å²) in [5.41, 5.74) is 0.775. The molecule has 0 N–H and O–H groups in total. The molecule has 5 heteroatoms. The molecule has 0 saturated heterocycles. The van der Waals surface area contributed by atoms with Gasteiger partial charge in [0.05, 0.1) is 26.0 Å². The lowest BCUT2D eigenvalue weighted by atomic mass is 10.2. The second-order valence-electron chi connectivity index (χ2n) is 6.22. The van der Waals surface area contributed by atoms with Crippen LogP contribution in [-0.2, 0) is 6.54 Å². The van der Waals surface area contributed by atoms with Gasteiger partial charge in [0, 0.05) is 12.3 Å². The van der Waals surface area contributed by atoms with Crippen LogP contribution in [0.4, 0.5) is 0 Å². The lowest BCUT2D eigenvalue weighted by Gasteiger charge is -2.15. The van der Waals surface area contributed by atoms with Gasteiger partial charge in [0.1, 0.15) is 18.1 Å². The molecule has 0 aliphatic heterocycles. The molecule has 2 aromatic rings. The zero-order valence-electron chi connectivity index (χ0n) is 16.0. The largest absolute Gasteiger partial charge is 0.497 e.